The summed E-state index contributed by atoms with van der Waals surface area (Å²) in [6.45, 7) is 0. The van der Waals surface area contributed by atoms with E-state index in [2.05, 4.69) is 4.99 Å². The maximum Gasteiger partial charge on any atom is 0.283 e. The highest BCUT2D eigenvalue weighted by Gasteiger charge is 2.38. The van der Waals surface area contributed by atoms with Gasteiger partial charge in [-0.25, -0.2) is 8.42 Å². The van der Waals surface area contributed by atoms with E-state index in [9.17, 15) is 13.2 Å². The Morgan fingerprint density at radius 3 is 2.50 bits per heavy atom. The van der Waals surface area contributed by atoms with Crippen molar-refractivity contribution in [1.29, 1.82) is 5.41 Å². The Kier molecular flexibility index (Phi) is 4.91. The van der Waals surface area contributed by atoms with Crippen molar-refractivity contribution in [3.63, 3.8) is 0 Å². The Bertz CT molecular complexity index is 1270. The Labute approximate surface area is 177 Å². The maximum absolute atomic E-state index is 12.6. The van der Waals surface area contributed by atoms with Crippen LogP contribution in [-0.4, -0.2) is 45.8 Å². The summed E-state index contributed by atoms with van der Waals surface area (Å²) in [7, 11) is -0.323. The predicted octanol–water partition coefficient (Wildman–Crippen LogP) is 2.98. The van der Waals surface area contributed by atoms with Gasteiger partial charge in [0.05, 0.1) is 30.4 Å². The van der Waals surface area contributed by atoms with Gasteiger partial charge in [-0.2, -0.15) is 4.99 Å². The molecule has 154 valence electrons. The van der Waals surface area contributed by atoms with Gasteiger partial charge in [-0.05, 0) is 53.7 Å². The van der Waals surface area contributed by atoms with Crippen LogP contribution < -0.4 is 14.4 Å². The van der Waals surface area contributed by atoms with E-state index < -0.39 is 15.7 Å². The molecular formula is C20H17N3O5S2. The number of nitrogens with one attached hydrogen (secondary N) is 1. The lowest BCUT2D eigenvalue weighted by Crippen LogP contribution is -2.39. The Balaban J connectivity index is 1.75. The lowest BCUT2D eigenvalue weighted by atomic mass is 10.1. The third-order valence-corrected chi connectivity index (χ3v) is 6.73. The molecule has 0 bridgehead atoms. The van der Waals surface area contributed by atoms with Crippen LogP contribution in [0, 0.1) is 5.41 Å². The van der Waals surface area contributed by atoms with E-state index in [1.165, 1.54) is 26.4 Å². The summed E-state index contributed by atoms with van der Waals surface area (Å²) < 4.78 is 34.2. The predicted molar refractivity (Wildman–Crippen MR) is 116 cm³/mol. The van der Waals surface area contributed by atoms with Gasteiger partial charge in [0.1, 0.15) is 5.84 Å². The van der Waals surface area contributed by atoms with Crippen LogP contribution in [-0.2, 0) is 14.6 Å². The highest BCUT2D eigenvalue weighted by molar-refractivity contribution is 8.15. The molecule has 0 fully saturated rings. The number of nitrogens with zero attached hydrogens (tertiary/aromatic N) is 2. The maximum atomic E-state index is 12.6. The van der Waals surface area contributed by atoms with Crippen LogP contribution in [0.25, 0.3) is 6.08 Å². The minimum absolute atomic E-state index is 0.0295. The molecule has 0 radical (unpaired) electrons. The number of benzene rings is 2. The molecule has 10 heteroatoms. The number of sulfone groups is 1. The normalized spacial score (nSPS) is 17.0. The number of amides is 1. The second-order valence-corrected chi connectivity index (χ2v) is 9.58. The van der Waals surface area contributed by atoms with Crippen molar-refractivity contribution in [3.8, 4) is 11.5 Å². The molecule has 8 nitrogen and oxygen atoms in total. The molecule has 1 N–H and O–H groups in total. The highest BCUT2D eigenvalue weighted by Crippen LogP contribution is 2.44. The van der Waals surface area contributed by atoms with Crippen molar-refractivity contribution >= 4 is 50.3 Å². The molecule has 2 heterocycles. The first-order chi connectivity index (χ1) is 14.2. The Hall–Kier alpha value is -3.11. The lowest BCUT2D eigenvalue weighted by Gasteiger charge is -2.24. The first-order valence-corrected chi connectivity index (χ1v) is 11.4. The lowest BCUT2D eigenvalue weighted by molar-refractivity contribution is -0.113. The van der Waals surface area contributed by atoms with E-state index in [1.54, 1.807) is 35.2 Å². The molecule has 0 unspecified atom stereocenters. The summed E-state index contributed by atoms with van der Waals surface area (Å²) >= 11 is 1.16. The fourth-order valence-electron chi connectivity index (χ4n) is 3.14. The van der Waals surface area contributed by atoms with E-state index in [0.717, 1.165) is 18.0 Å². The number of carbonyl (C=O) groups excluding carboxylic acids is 1. The molecule has 1 amide bonds. The second kappa shape index (κ2) is 7.29. The van der Waals surface area contributed by atoms with Crippen LogP contribution in [0.2, 0.25) is 0 Å². The van der Waals surface area contributed by atoms with Gasteiger partial charge < -0.3 is 9.47 Å². The van der Waals surface area contributed by atoms with Crippen molar-refractivity contribution in [2.75, 3.05) is 25.4 Å². The average molecular weight is 444 g/mol. The second-order valence-electron chi connectivity index (χ2n) is 6.56. The zero-order valence-corrected chi connectivity index (χ0v) is 17.9. The minimum Gasteiger partial charge on any atom is -0.493 e. The zero-order chi connectivity index (χ0) is 21.6. The highest BCUT2D eigenvalue weighted by atomic mass is 32.2. The van der Waals surface area contributed by atoms with Crippen LogP contribution in [0.15, 0.2) is 56.8 Å². The SMILES string of the molecule is COc1ccc(/C=C2/C(=N)N3C(=NC2=O)Sc2cc(S(C)(=O)=O)ccc23)cc1OC. The Morgan fingerprint density at radius 2 is 1.83 bits per heavy atom. The Morgan fingerprint density at radius 1 is 1.10 bits per heavy atom. The number of rotatable bonds is 4. The summed E-state index contributed by atoms with van der Waals surface area (Å²) in [5, 5.41) is 8.93. The number of fused-ring (bicyclic) bond motifs is 3. The fourth-order valence-corrected chi connectivity index (χ4v) is 4.91. The molecule has 4 rings (SSSR count). The van der Waals surface area contributed by atoms with Gasteiger partial charge in [0.15, 0.2) is 26.5 Å². The number of hydrogen-bond acceptors (Lipinski definition) is 7. The number of thioether (sulfide) groups is 1. The van der Waals surface area contributed by atoms with Gasteiger partial charge >= 0.3 is 0 Å². The quantitative estimate of drug-likeness (QED) is 0.724. The van der Waals surface area contributed by atoms with E-state index in [4.69, 9.17) is 14.9 Å². The zero-order valence-electron chi connectivity index (χ0n) is 16.3. The number of aliphatic imine (C=N–C) groups is 1. The van der Waals surface area contributed by atoms with Gasteiger partial charge in [0.2, 0.25) is 0 Å². The first-order valence-electron chi connectivity index (χ1n) is 8.70. The fraction of sp³-hybridized carbons (Fsp3) is 0.150. The first kappa shape index (κ1) is 20.2. The monoisotopic (exact) mass is 443 g/mol. The van der Waals surface area contributed by atoms with Gasteiger partial charge in [-0.15, -0.1) is 0 Å². The van der Waals surface area contributed by atoms with E-state index in [-0.39, 0.29) is 16.3 Å². The summed E-state index contributed by atoms with van der Waals surface area (Å²) in [5.74, 6) is 0.487. The van der Waals surface area contributed by atoms with Crippen molar-refractivity contribution in [2.24, 2.45) is 4.99 Å². The molecule has 0 aromatic heterocycles. The molecule has 2 aliphatic heterocycles. The summed E-state index contributed by atoms with van der Waals surface area (Å²) in [4.78, 5) is 19.1. The van der Waals surface area contributed by atoms with Crippen molar-refractivity contribution in [2.45, 2.75) is 9.79 Å². The van der Waals surface area contributed by atoms with Crippen molar-refractivity contribution < 1.29 is 22.7 Å². The molecule has 2 aromatic rings. The molecule has 0 aliphatic carbocycles. The number of carbonyl (C=O) groups is 1. The van der Waals surface area contributed by atoms with Crippen molar-refractivity contribution in [3.05, 3.63) is 47.5 Å². The largest absolute Gasteiger partial charge is 0.493 e. The van der Waals surface area contributed by atoms with Gasteiger partial charge in [-0.3, -0.25) is 15.1 Å². The van der Waals surface area contributed by atoms with Crippen LogP contribution in [0.1, 0.15) is 5.56 Å². The molecule has 30 heavy (non-hydrogen) atoms. The minimum atomic E-state index is -3.37. The molecule has 0 saturated heterocycles. The summed E-state index contributed by atoms with van der Waals surface area (Å²) in [5.41, 5.74) is 1.38. The van der Waals surface area contributed by atoms with E-state index in [1.807, 2.05) is 0 Å². The molecule has 0 spiro atoms. The molecule has 0 atom stereocenters. The summed E-state index contributed by atoms with van der Waals surface area (Å²) in [6, 6.07) is 9.81. The topological polar surface area (TPSA) is 109 Å². The van der Waals surface area contributed by atoms with Crippen LogP contribution in [0.3, 0.4) is 0 Å². The van der Waals surface area contributed by atoms with Crippen LogP contribution in [0.4, 0.5) is 5.69 Å². The number of hydrogen-bond donors (Lipinski definition) is 1. The van der Waals surface area contributed by atoms with Crippen LogP contribution >= 0.6 is 11.8 Å². The third kappa shape index (κ3) is 3.37. The standard InChI is InChI=1S/C20H17N3O5S2/c1-27-15-7-4-11(9-16(15)28-2)8-13-18(21)23-14-6-5-12(30(3,25)26)10-17(14)29-20(23)22-19(13)24/h4-10,21H,1-3H3/b13-8-,21-18?. The molecular weight excluding hydrogens is 426 g/mol. The van der Waals surface area contributed by atoms with Gasteiger partial charge in [-0.1, -0.05) is 6.07 Å². The number of anilines is 1. The molecule has 2 aromatic carbocycles. The van der Waals surface area contributed by atoms with E-state index >= 15 is 0 Å². The van der Waals surface area contributed by atoms with Crippen molar-refractivity contribution in [1.82, 2.24) is 0 Å². The molecule has 0 saturated carbocycles. The van der Waals surface area contributed by atoms with Gasteiger partial charge in [0, 0.05) is 11.2 Å². The number of methoxy groups -OCH3 is 2. The smallest absolute Gasteiger partial charge is 0.283 e. The van der Waals surface area contributed by atoms with Crippen LogP contribution in [0.5, 0.6) is 11.5 Å². The van der Waals surface area contributed by atoms with Gasteiger partial charge in [0.25, 0.3) is 5.91 Å². The average Bonchev–Trinajstić information content (AvgIpc) is 3.07. The summed E-state index contributed by atoms with van der Waals surface area (Å²) in [6.07, 6.45) is 2.70. The van der Waals surface area contributed by atoms with E-state index in [0.29, 0.717) is 32.8 Å². The molecule has 2 aliphatic rings. The number of amidine groups is 2. The third-order valence-electron chi connectivity index (χ3n) is 4.62. The number of ether oxygens (including phenoxy) is 2.